The molecule has 1 unspecified atom stereocenters. The van der Waals surface area contributed by atoms with Gasteiger partial charge in [0.1, 0.15) is 5.54 Å². The molecule has 0 fully saturated rings. The topological polar surface area (TPSA) is 74.2 Å². The van der Waals surface area contributed by atoms with Gasteiger partial charge in [0.05, 0.1) is 21.4 Å². The van der Waals surface area contributed by atoms with Crippen molar-refractivity contribution in [2.45, 2.75) is 32.4 Å². The minimum atomic E-state index is -0.780. The average molecular weight is 425 g/mol. The van der Waals surface area contributed by atoms with Crippen molar-refractivity contribution in [1.29, 1.82) is 0 Å². The molecule has 0 aliphatic rings. The first kappa shape index (κ1) is 16.1. The van der Waals surface area contributed by atoms with Crippen LogP contribution in [-0.2, 0) is 10.3 Å². The predicted octanol–water partition coefficient (Wildman–Crippen LogP) is 3.92. The van der Waals surface area contributed by atoms with Gasteiger partial charge in [-0.3, -0.25) is 0 Å². The van der Waals surface area contributed by atoms with Gasteiger partial charge in [0.2, 0.25) is 0 Å². The van der Waals surface area contributed by atoms with Crippen molar-refractivity contribution in [3.63, 3.8) is 0 Å². The molecule has 2 heterocycles. The van der Waals surface area contributed by atoms with E-state index in [1.54, 1.807) is 0 Å². The van der Waals surface area contributed by atoms with Crippen molar-refractivity contribution in [1.82, 2.24) is 10.1 Å². The molecular formula is C12H15Br2N3O2S. The second-order valence-electron chi connectivity index (χ2n) is 4.93. The summed E-state index contributed by atoms with van der Waals surface area (Å²) in [6.45, 7) is 6.07. The van der Waals surface area contributed by atoms with Crippen LogP contribution >= 0.6 is 43.2 Å². The zero-order valence-electron chi connectivity index (χ0n) is 11.3. The maximum Gasteiger partial charge on any atom is 0.268 e. The van der Waals surface area contributed by atoms with Gasteiger partial charge in [-0.2, -0.15) is 4.98 Å². The first-order chi connectivity index (χ1) is 9.29. The Morgan fingerprint density at radius 1 is 1.50 bits per heavy atom. The molecule has 0 amide bonds. The summed E-state index contributed by atoms with van der Waals surface area (Å²) in [4.78, 5) is 5.25. The number of aromatic nitrogens is 2. The lowest BCUT2D eigenvalue weighted by Crippen LogP contribution is -2.40. The van der Waals surface area contributed by atoms with Crippen LogP contribution in [0.2, 0.25) is 0 Å². The monoisotopic (exact) mass is 423 g/mol. The first-order valence-corrected chi connectivity index (χ1v) is 8.39. The molecule has 0 saturated carbocycles. The van der Waals surface area contributed by atoms with Gasteiger partial charge in [-0.1, -0.05) is 5.16 Å². The Kier molecular flexibility index (Phi) is 5.01. The van der Waals surface area contributed by atoms with Gasteiger partial charge in [-0.25, -0.2) is 0 Å². The van der Waals surface area contributed by atoms with Gasteiger partial charge in [0.25, 0.3) is 5.89 Å². The molecule has 0 aliphatic carbocycles. The number of rotatable bonds is 5. The first-order valence-electron chi connectivity index (χ1n) is 5.99. The van der Waals surface area contributed by atoms with E-state index in [1.807, 2.05) is 26.8 Å². The van der Waals surface area contributed by atoms with E-state index in [2.05, 4.69) is 42.0 Å². The summed E-state index contributed by atoms with van der Waals surface area (Å²) >= 11 is 8.38. The highest BCUT2D eigenvalue weighted by Gasteiger charge is 2.29. The van der Waals surface area contributed by atoms with E-state index in [4.69, 9.17) is 15.0 Å². The van der Waals surface area contributed by atoms with E-state index < -0.39 is 5.54 Å². The third-order valence-electron chi connectivity index (χ3n) is 2.51. The fourth-order valence-corrected chi connectivity index (χ4v) is 3.37. The van der Waals surface area contributed by atoms with Gasteiger partial charge < -0.3 is 15.0 Å². The van der Waals surface area contributed by atoms with Gasteiger partial charge >= 0.3 is 0 Å². The number of ether oxygens (including phenoxy) is 1. The van der Waals surface area contributed by atoms with Crippen LogP contribution in [0, 0.1) is 0 Å². The summed E-state index contributed by atoms with van der Waals surface area (Å²) in [6, 6.07) is 1.92. The van der Waals surface area contributed by atoms with Crippen LogP contribution in [0.3, 0.4) is 0 Å². The van der Waals surface area contributed by atoms with Crippen LogP contribution in [0.25, 0.3) is 10.8 Å². The van der Waals surface area contributed by atoms with Crippen LogP contribution in [0.4, 0.5) is 0 Å². The molecule has 2 N–H and O–H groups in total. The van der Waals surface area contributed by atoms with Crippen molar-refractivity contribution in [3.05, 3.63) is 20.1 Å². The number of nitrogens with zero attached hydrogens (tertiary/aromatic N) is 2. The summed E-state index contributed by atoms with van der Waals surface area (Å²) in [5.74, 6) is 0.895. The smallest absolute Gasteiger partial charge is 0.268 e. The van der Waals surface area contributed by atoms with E-state index >= 15 is 0 Å². The Bertz CT molecular complexity index is 576. The zero-order chi connectivity index (χ0) is 14.9. The zero-order valence-corrected chi connectivity index (χ0v) is 15.3. The maximum absolute atomic E-state index is 6.19. The lowest BCUT2D eigenvalue weighted by atomic mass is 10.1. The predicted molar refractivity (Wildman–Crippen MR) is 85.6 cm³/mol. The molecule has 20 heavy (non-hydrogen) atoms. The molecule has 0 radical (unpaired) electrons. The number of halogens is 2. The minimum absolute atomic E-state index is 0.105. The minimum Gasteiger partial charge on any atom is -0.376 e. The molecule has 0 saturated heterocycles. The second kappa shape index (κ2) is 6.23. The quantitative estimate of drug-likeness (QED) is 0.787. The molecule has 0 aliphatic heterocycles. The van der Waals surface area contributed by atoms with E-state index in [0.29, 0.717) is 18.3 Å². The SMILES string of the molecule is CC(C)OCC(C)(N)c1noc(-c2cc(Br)c(Br)s2)n1. The fraction of sp³-hybridized carbons (Fsp3) is 0.500. The largest absolute Gasteiger partial charge is 0.376 e. The van der Waals surface area contributed by atoms with Crippen molar-refractivity contribution in [2.75, 3.05) is 6.61 Å². The molecule has 8 heteroatoms. The number of thiophene rings is 1. The lowest BCUT2D eigenvalue weighted by molar-refractivity contribution is 0.0410. The summed E-state index contributed by atoms with van der Waals surface area (Å²) in [5, 5.41) is 3.97. The molecule has 0 spiro atoms. The molecule has 110 valence electrons. The van der Waals surface area contributed by atoms with Crippen LogP contribution in [0.5, 0.6) is 0 Å². The Balaban J connectivity index is 2.19. The second-order valence-corrected chi connectivity index (χ2v) is 8.16. The third-order valence-corrected chi connectivity index (χ3v) is 5.75. The third kappa shape index (κ3) is 3.67. The van der Waals surface area contributed by atoms with Crippen LogP contribution < -0.4 is 5.73 Å². The van der Waals surface area contributed by atoms with Gasteiger partial charge in [0.15, 0.2) is 5.82 Å². The Morgan fingerprint density at radius 3 is 2.75 bits per heavy atom. The summed E-state index contributed by atoms with van der Waals surface area (Å²) in [7, 11) is 0. The highest BCUT2D eigenvalue weighted by molar-refractivity contribution is 9.13. The molecule has 1 atom stereocenters. The number of hydrogen-bond donors (Lipinski definition) is 1. The molecule has 5 nitrogen and oxygen atoms in total. The number of hydrogen-bond acceptors (Lipinski definition) is 6. The molecule has 2 rings (SSSR count). The lowest BCUT2D eigenvalue weighted by Gasteiger charge is -2.21. The van der Waals surface area contributed by atoms with Crippen molar-refractivity contribution in [3.8, 4) is 10.8 Å². The van der Waals surface area contributed by atoms with Crippen LogP contribution in [0.1, 0.15) is 26.6 Å². The summed E-state index contributed by atoms with van der Waals surface area (Å²) in [6.07, 6.45) is 0.105. The van der Waals surface area contributed by atoms with E-state index in [-0.39, 0.29) is 6.10 Å². The standard InChI is InChI=1S/C12H15Br2N3O2S/c1-6(2)18-5-12(3,15)11-16-10(19-17-11)8-4-7(13)9(14)20-8/h4,6H,5,15H2,1-3H3. The van der Waals surface area contributed by atoms with Crippen molar-refractivity contribution in [2.24, 2.45) is 5.73 Å². The van der Waals surface area contributed by atoms with E-state index in [0.717, 1.165) is 13.1 Å². The van der Waals surface area contributed by atoms with Crippen molar-refractivity contribution >= 4 is 43.2 Å². The molecule has 0 bridgehead atoms. The van der Waals surface area contributed by atoms with Gasteiger partial charge in [-0.05, 0) is 58.7 Å². The normalized spacial score (nSPS) is 14.8. The summed E-state index contributed by atoms with van der Waals surface area (Å²) in [5.41, 5.74) is 5.41. The Morgan fingerprint density at radius 2 is 2.20 bits per heavy atom. The van der Waals surface area contributed by atoms with Crippen LogP contribution in [-0.4, -0.2) is 22.9 Å². The van der Waals surface area contributed by atoms with Gasteiger partial charge in [0, 0.05) is 4.47 Å². The van der Waals surface area contributed by atoms with Crippen LogP contribution in [0.15, 0.2) is 18.8 Å². The Hall–Kier alpha value is -0.280. The molecule has 2 aromatic heterocycles. The maximum atomic E-state index is 6.19. The summed E-state index contributed by atoms with van der Waals surface area (Å²) < 4.78 is 12.8. The highest BCUT2D eigenvalue weighted by Crippen LogP contribution is 2.37. The average Bonchev–Trinajstić information content (AvgIpc) is 2.95. The molecular weight excluding hydrogens is 410 g/mol. The highest BCUT2D eigenvalue weighted by atomic mass is 79.9. The Labute approximate surface area is 138 Å². The molecule has 2 aromatic rings. The van der Waals surface area contributed by atoms with E-state index in [9.17, 15) is 0 Å². The van der Waals surface area contributed by atoms with Crippen molar-refractivity contribution < 1.29 is 9.26 Å². The molecule has 0 aromatic carbocycles. The fourth-order valence-electron chi connectivity index (χ4n) is 1.41. The van der Waals surface area contributed by atoms with Gasteiger partial charge in [-0.15, -0.1) is 11.3 Å². The number of nitrogens with two attached hydrogens (primary N) is 1. The van der Waals surface area contributed by atoms with E-state index in [1.165, 1.54) is 11.3 Å².